The van der Waals surface area contributed by atoms with Crippen LogP contribution in [0.15, 0.2) is 18.2 Å². The lowest BCUT2D eigenvalue weighted by atomic mass is 9.92. The van der Waals surface area contributed by atoms with E-state index in [0.717, 1.165) is 25.2 Å². The van der Waals surface area contributed by atoms with Crippen LogP contribution in [0, 0.1) is 18.7 Å². The highest BCUT2D eigenvalue weighted by atomic mass is 19.1. The van der Waals surface area contributed by atoms with E-state index in [-0.39, 0.29) is 11.4 Å². The molecule has 1 aliphatic rings. The highest BCUT2D eigenvalue weighted by molar-refractivity contribution is 5.26. The lowest BCUT2D eigenvalue weighted by molar-refractivity contribution is 0.0533. The summed E-state index contributed by atoms with van der Waals surface area (Å²) < 4.78 is 13.5. The molecule has 1 atom stereocenters. The van der Waals surface area contributed by atoms with Crippen molar-refractivity contribution < 1.29 is 4.39 Å². The molecule has 2 nitrogen and oxygen atoms in total. The van der Waals surface area contributed by atoms with Crippen LogP contribution in [0.5, 0.6) is 0 Å². The predicted octanol–water partition coefficient (Wildman–Crippen LogP) is 3.73. The number of nitrogens with zero attached hydrogens (tertiary/aromatic N) is 1. The minimum Gasteiger partial charge on any atom is -0.311 e. The third kappa shape index (κ3) is 4.27. The Labute approximate surface area is 128 Å². The van der Waals surface area contributed by atoms with E-state index in [1.54, 1.807) is 12.1 Å². The Balaban J connectivity index is 2.12. The highest BCUT2D eigenvalue weighted by Gasteiger charge is 2.34. The topological polar surface area (TPSA) is 15.3 Å². The molecule has 1 aromatic carbocycles. The zero-order chi connectivity index (χ0) is 15.6. The number of nitrogens with one attached hydrogen (secondary N) is 1. The lowest BCUT2D eigenvalue weighted by Gasteiger charge is -2.46. The molecule has 1 saturated heterocycles. The van der Waals surface area contributed by atoms with E-state index in [1.807, 2.05) is 6.07 Å². The summed E-state index contributed by atoms with van der Waals surface area (Å²) in [5.41, 5.74) is 2.38. The van der Waals surface area contributed by atoms with Crippen molar-refractivity contribution in [3.8, 4) is 0 Å². The van der Waals surface area contributed by atoms with Gasteiger partial charge in [0.1, 0.15) is 5.82 Å². The van der Waals surface area contributed by atoms with Crippen molar-refractivity contribution >= 4 is 0 Å². The van der Waals surface area contributed by atoms with E-state index in [9.17, 15) is 4.39 Å². The average molecular weight is 292 g/mol. The summed E-state index contributed by atoms with van der Waals surface area (Å²) in [5.74, 6) is 0.559. The summed E-state index contributed by atoms with van der Waals surface area (Å²) >= 11 is 0. The Kier molecular flexibility index (Phi) is 5.05. The maximum Gasteiger partial charge on any atom is 0.123 e. The van der Waals surface area contributed by atoms with E-state index in [2.05, 4.69) is 44.8 Å². The number of aryl methyl sites for hydroxylation is 1. The van der Waals surface area contributed by atoms with Crippen LogP contribution in [0.4, 0.5) is 4.39 Å². The van der Waals surface area contributed by atoms with Gasteiger partial charge in [0.2, 0.25) is 0 Å². The van der Waals surface area contributed by atoms with E-state index in [4.69, 9.17) is 0 Å². The van der Waals surface area contributed by atoms with Crippen LogP contribution >= 0.6 is 0 Å². The summed E-state index contributed by atoms with van der Waals surface area (Å²) in [7, 11) is 0. The smallest absolute Gasteiger partial charge is 0.123 e. The SMILES string of the molecule is Cc1ccc(F)cc1CN1CC(CC(C)C)NCC1(C)C. The zero-order valence-electron chi connectivity index (χ0n) is 14.0. The lowest BCUT2D eigenvalue weighted by Crippen LogP contribution is -2.61. The van der Waals surface area contributed by atoms with Gasteiger partial charge in [-0.15, -0.1) is 0 Å². The molecule has 0 bridgehead atoms. The van der Waals surface area contributed by atoms with Gasteiger partial charge in [0, 0.05) is 31.2 Å². The Morgan fingerprint density at radius 3 is 2.76 bits per heavy atom. The van der Waals surface area contributed by atoms with Gasteiger partial charge < -0.3 is 5.32 Å². The third-order valence-electron chi connectivity index (χ3n) is 4.55. The van der Waals surface area contributed by atoms with Crippen LogP contribution in [-0.2, 0) is 6.54 Å². The van der Waals surface area contributed by atoms with Crippen molar-refractivity contribution in [1.82, 2.24) is 10.2 Å². The van der Waals surface area contributed by atoms with Gasteiger partial charge in [-0.05, 0) is 56.4 Å². The molecule has 0 radical (unpaired) electrons. The quantitative estimate of drug-likeness (QED) is 0.909. The molecule has 118 valence electrons. The molecule has 21 heavy (non-hydrogen) atoms. The van der Waals surface area contributed by atoms with Gasteiger partial charge in [-0.25, -0.2) is 4.39 Å². The number of benzene rings is 1. The number of piperazine rings is 1. The predicted molar refractivity (Wildman–Crippen MR) is 86.9 cm³/mol. The molecule has 1 N–H and O–H groups in total. The van der Waals surface area contributed by atoms with E-state index in [0.29, 0.717) is 12.0 Å². The van der Waals surface area contributed by atoms with Crippen molar-refractivity contribution in [1.29, 1.82) is 0 Å². The van der Waals surface area contributed by atoms with Gasteiger partial charge >= 0.3 is 0 Å². The van der Waals surface area contributed by atoms with Gasteiger partial charge in [0.15, 0.2) is 0 Å². The summed E-state index contributed by atoms with van der Waals surface area (Å²) in [6.45, 7) is 14.0. The van der Waals surface area contributed by atoms with Crippen molar-refractivity contribution in [3.63, 3.8) is 0 Å². The van der Waals surface area contributed by atoms with Gasteiger partial charge in [0.05, 0.1) is 0 Å². The number of rotatable bonds is 4. The molecule has 1 aromatic rings. The van der Waals surface area contributed by atoms with Gasteiger partial charge in [-0.3, -0.25) is 4.90 Å². The second kappa shape index (κ2) is 6.45. The van der Waals surface area contributed by atoms with Crippen molar-refractivity contribution in [2.45, 2.75) is 59.2 Å². The molecule has 0 amide bonds. The first kappa shape index (κ1) is 16.4. The molecular weight excluding hydrogens is 263 g/mol. The Bertz CT molecular complexity index is 482. The van der Waals surface area contributed by atoms with E-state index >= 15 is 0 Å². The summed E-state index contributed by atoms with van der Waals surface area (Å²) in [6, 6.07) is 5.64. The normalized spacial score (nSPS) is 22.7. The van der Waals surface area contributed by atoms with Crippen LogP contribution < -0.4 is 5.32 Å². The molecule has 1 aliphatic heterocycles. The fourth-order valence-electron chi connectivity index (χ4n) is 3.11. The Morgan fingerprint density at radius 1 is 1.38 bits per heavy atom. The van der Waals surface area contributed by atoms with Crippen LogP contribution in [0.1, 0.15) is 45.2 Å². The standard InChI is InChI=1S/C18H29FN2/c1-13(2)8-17-11-21(18(4,5)12-20-17)10-15-9-16(19)7-6-14(15)3/h6-7,9,13,17,20H,8,10-12H2,1-5H3. The first-order chi connectivity index (χ1) is 9.78. The monoisotopic (exact) mass is 292 g/mol. The molecule has 3 heteroatoms. The molecular formula is C18H29FN2. The number of hydrogen-bond acceptors (Lipinski definition) is 2. The van der Waals surface area contributed by atoms with Crippen molar-refractivity contribution in [2.75, 3.05) is 13.1 Å². The second-order valence-corrected chi connectivity index (χ2v) is 7.47. The summed E-state index contributed by atoms with van der Waals surface area (Å²) in [5, 5.41) is 3.67. The largest absolute Gasteiger partial charge is 0.311 e. The molecule has 1 heterocycles. The molecule has 1 fully saturated rings. The van der Waals surface area contributed by atoms with Crippen molar-refractivity contribution in [2.24, 2.45) is 5.92 Å². The van der Waals surface area contributed by atoms with E-state index in [1.165, 1.54) is 12.0 Å². The van der Waals surface area contributed by atoms with Crippen LogP contribution in [0.2, 0.25) is 0 Å². The average Bonchev–Trinajstić information content (AvgIpc) is 2.37. The van der Waals surface area contributed by atoms with E-state index < -0.39 is 0 Å². The zero-order valence-corrected chi connectivity index (χ0v) is 14.0. The maximum absolute atomic E-state index is 13.5. The third-order valence-corrected chi connectivity index (χ3v) is 4.55. The van der Waals surface area contributed by atoms with Crippen LogP contribution in [0.25, 0.3) is 0 Å². The minimum absolute atomic E-state index is 0.103. The van der Waals surface area contributed by atoms with Gasteiger partial charge in [0.25, 0.3) is 0 Å². The first-order valence-corrected chi connectivity index (χ1v) is 8.01. The molecule has 0 aliphatic carbocycles. The fourth-order valence-corrected chi connectivity index (χ4v) is 3.11. The van der Waals surface area contributed by atoms with Crippen LogP contribution in [-0.4, -0.2) is 29.6 Å². The van der Waals surface area contributed by atoms with Gasteiger partial charge in [-0.1, -0.05) is 19.9 Å². The molecule has 0 aromatic heterocycles. The van der Waals surface area contributed by atoms with Crippen LogP contribution in [0.3, 0.4) is 0 Å². The highest BCUT2D eigenvalue weighted by Crippen LogP contribution is 2.24. The number of hydrogen-bond donors (Lipinski definition) is 1. The summed E-state index contributed by atoms with van der Waals surface area (Å²) in [4.78, 5) is 2.50. The van der Waals surface area contributed by atoms with Gasteiger partial charge in [-0.2, -0.15) is 0 Å². The molecule has 0 saturated carbocycles. The summed E-state index contributed by atoms with van der Waals surface area (Å²) in [6.07, 6.45) is 1.19. The Morgan fingerprint density at radius 2 is 2.10 bits per heavy atom. The molecule has 1 unspecified atom stereocenters. The molecule has 0 spiro atoms. The fraction of sp³-hybridized carbons (Fsp3) is 0.667. The number of halogens is 1. The Hall–Kier alpha value is -0.930. The first-order valence-electron chi connectivity index (χ1n) is 8.01. The molecule has 2 rings (SSSR count). The minimum atomic E-state index is -0.137. The second-order valence-electron chi connectivity index (χ2n) is 7.47. The van der Waals surface area contributed by atoms with Crippen molar-refractivity contribution in [3.05, 3.63) is 35.1 Å². The maximum atomic E-state index is 13.5.